The molecule has 0 radical (unpaired) electrons. The molecule has 5 aromatic rings. The van der Waals surface area contributed by atoms with Crippen molar-refractivity contribution < 1.29 is 4.42 Å². The van der Waals surface area contributed by atoms with E-state index in [1.54, 1.807) is 12.5 Å². The van der Waals surface area contributed by atoms with Gasteiger partial charge in [-0.1, -0.05) is 12.1 Å². The molecule has 2 aromatic carbocycles. The highest BCUT2D eigenvalue weighted by atomic mass is 16.3. The van der Waals surface area contributed by atoms with E-state index in [0.29, 0.717) is 11.4 Å². The number of nitrogens with zero attached hydrogens (tertiary/aromatic N) is 3. The number of H-pyrrole nitrogens is 1. The minimum absolute atomic E-state index is 0.647. The van der Waals surface area contributed by atoms with Crippen molar-refractivity contribution >= 4 is 44.5 Å². The minimum Gasteiger partial charge on any atom is -0.450 e. The molecule has 6 heteroatoms. The van der Waals surface area contributed by atoms with Gasteiger partial charge in [-0.05, 0) is 30.3 Å². The van der Waals surface area contributed by atoms with Crippen molar-refractivity contribution in [2.24, 2.45) is 0 Å². The predicted molar refractivity (Wildman–Crippen MR) is 88.7 cm³/mol. The van der Waals surface area contributed by atoms with Gasteiger partial charge >= 0.3 is 0 Å². The third-order valence-electron chi connectivity index (χ3n) is 3.86. The summed E-state index contributed by atoms with van der Waals surface area (Å²) in [6.45, 7) is 0. The van der Waals surface area contributed by atoms with Crippen LogP contribution in [0.3, 0.4) is 0 Å². The SMILES string of the molecule is c1ccc2c(c1)oc1c(Nc3ccc4[nH]ncc4c3)ncnc12. The summed E-state index contributed by atoms with van der Waals surface area (Å²) in [7, 11) is 0. The lowest BCUT2D eigenvalue weighted by molar-refractivity contribution is 0.667. The maximum absolute atomic E-state index is 5.92. The van der Waals surface area contributed by atoms with Crippen LogP contribution in [0.15, 0.2) is 59.4 Å². The van der Waals surface area contributed by atoms with E-state index in [-0.39, 0.29) is 0 Å². The highest BCUT2D eigenvalue weighted by Crippen LogP contribution is 2.32. The van der Waals surface area contributed by atoms with Gasteiger partial charge < -0.3 is 9.73 Å². The quantitative estimate of drug-likeness (QED) is 0.515. The molecule has 0 fully saturated rings. The van der Waals surface area contributed by atoms with Gasteiger partial charge in [0.1, 0.15) is 17.4 Å². The fraction of sp³-hybridized carbons (Fsp3) is 0. The van der Waals surface area contributed by atoms with Crippen molar-refractivity contribution in [3.63, 3.8) is 0 Å². The van der Waals surface area contributed by atoms with Crippen molar-refractivity contribution in [3.8, 4) is 0 Å². The fourth-order valence-electron chi connectivity index (χ4n) is 2.77. The average Bonchev–Trinajstić information content (AvgIpc) is 3.19. The molecule has 0 aliphatic carbocycles. The molecule has 3 heterocycles. The van der Waals surface area contributed by atoms with Gasteiger partial charge in [-0.25, -0.2) is 9.97 Å². The molecule has 0 saturated carbocycles. The van der Waals surface area contributed by atoms with Gasteiger partial charge in [0.2, 0.25) is 0 Å². The van der Waals surface area contributed by atoms with Crippen LogP contribution in [0.1, 0.15) is 0 Å². The molecule has 0 saturated heterocycles. The maximum atomic E-state index is 5.92. The monoisotopic (exact) mass is 301 g/mol. The van der Waals surface area contributed by atoms with E-state index in [0.717, 1.165) is 33.1 Å². The second-order valence-corrected chi connectivity index (χ2v) is 5.30. The lowest BCUT2D eigenvalue weighted by atomic mass is 10.2. The van der Waals surface area contributed by atoms with E-state index >= 15 is 0 Å². The van der Waals surface area contributed by atoms with Crippen LogP contribution in [0, 0.1) is 0 Å². The normalized spacial score (nSPS) is 11.5. The van der Waals surface area contributed by atoms with Crippen LogP contribution in [0.4, 0.5) is 11.5 Å². The van der Waals surface area contributed by atoms with E-state index in [2.05, 4.69) is 25.5 Å². The van der Waals surface area contributed by atoms with E-state index in [1.165, 1.54) is 0 Å². The molecule has 0 unspecified atom stereocenters. The Balaban J connectivity index is 1.67. The molecular weight excluding hydrogens is 290 g/mol. The van der Waals surface area contributed by atoms with Crippen molar-refractivity contribution in [1.82, 2.24) is 20.2 Å². The van der Waals surface area contributed by atoms with Crippen LogP contribution < -0.4 is 5.32 Å². The molecule has 0 bridgehead atoms. The van der Waals surface area contributed by atoms with E-state index in [9.17, 15) is 0 Å². The molecule has 2 N–H and O–H groups in total. The lowest BCUT2D eigenvalue weighted by Gasteiger charge is -2.05. The first-order chi connectivity index (χ1) is 11.4. The molecule has 110 valence electrons. The summed E-state index contributed by atoms with van der Waals surface area (Å²) in [5.41, 5.74) is 4.17. The van der Waals surface area contributed by atoms with Crippen LogP contribution in [-0.2, 0) is 0 Å². The first-order valence-electron chi connectivity index (χ1n) is 7.21. The van der Waals surface area contributed by atoms with Gasteiger partial charge in [-0.3, -0.25) is 5.10 Å². The number of hydrogen-bond donors (Lipinski definition) is 2. The molecule has 6 nitrogen and oxygen atoms in total. The Morgan fingerprint density at radius 1 is 1.04 bits per heavy atom. The number of fused-ring (bicyclic) bond motifs is 4. The zero-order valence-corrected chi connectivity index (χ0v) is 11.9. The summed E-state index contributed by atoms with van der Waals surface area (Å²) in [4.78, 5) is 8.68. The molecule has 5 rings (SSSR count). The molecule has 0 aliphatic heterocycles. The Morgan fingerprint density at radius 2 is 2.00 bits per heavy atom. The summed E-state index contributed by atoms with van der Waals surface area (Å²) >= 11 is 0. The smallest absolute Gasteiger partial charge is 0.196 e. The Bertz CT molecular complexity index is 1160. The summed E-state index contributed by atoms with van der Waals surface area (Å²) in [5, 5.41) is 12.3. The standard InChI is InChI=1S/C17H11N5O/c1-2-4-14-12(3-1)15-16(23-14)17(19-9-18-15)21-11-5-6-13-10(7-11)8-20-22-13/h1-9H,(H,20,22)(H,18,19,21). The van der Waals surface area contributed by atoms with Crippen molar-refractivity contribution in [2.75, 3.05) is 5.32 Å². The van der Waals surface area contributed by atoms with Gasteiger partial charge in [0, 0.05) is 16.5 Å². The topological polar surface area (TPSA) is 79.6 Å². The zero-order chi connectivity index (χ0) is 15.2. The van der Waals surface area contributed by atoms with Crippen molar-refractivity contribution in [3.05, 3.63) is 55.0 Å². The van der Waals surface area contributed by atoms with Gasteiger partial charge in [0.15, 0.2) is 11.4 Å². The third-order valence-corrected chi connectivity index (χ3v) is 3.86. The molecular formula is C17H11N5O. The number of anilines is 2. The number of hydrogen-bond acceptors (Lipinski definition) is 5. The number of rotatable bonds is 2. The number of aromatic nitrogens is 4. The molecule has 23 heavy (non-hydrogen) atoms. The van der Waals surface area contributed by atoms with Crippen LogP contribution in [0.5, 0.6) is 0 Å². The molecule has 3 aromatic heterocycles. The second-order valence-electron chi connectivity index (χ2n) is 5.30. The zero-order valence-electron chi connectivity index (χ0n) is 11.9. The first kappa shape index (κ1) is 12.2. The van der Waals surface area contributed by atoms with E-state index in [1.807, 2.05) is 42.5 Å². The van der Waals surface area contributed by atoms with Crippen molar-refractivity contribution in [2.45, 2.75) is 0 Å². The van der Waals surface area contributed by atoms with Crippen LogP contribution in [0.25, 0.3) is 33.0 Å². The number of aromatic amines is 1. The lowest BCUT2D eigenvalue weighted by Crippen LogP contribution is -1.94. The van der Waals surface area contributed by atoms with Gasteiger partial charge in [0.05, 0.1) is 11.7 Å². The molecule has 0 amide bonds. The van der Waals surface area contributed by atoms with Gasteiger partial charge in [0.25, 0.3) is 0 Å². The summed E-state index contributed by atoms with van der Waals surface area (Å²) in [6.07, 6.45) is 3.33. The number of nitrogens with one attached hydrogen (secondary N) is 2. The molecule has 0 spiro atoms. The van der Waals surface area contributed by atoms with E-state index < -0.39 is 0 Å². The number of furan rings is 1. The maximum Gasteiger partial charge on any atom is 0.196 e. The Morgan fingerprint density at radius 3 is 3.00 bits per heavy atom. The van der Waals surface area contributed by atoms with E-state index in [4.69, 9.17) is 4.42 Å². The summed E-state index contributed by atoms with van der Waals surface area (Å²) in [6, 6.07) is 13.8. The predicted octanol–water partition coefficient (Wildman–Crippen LogP) is 4.00. The average molecular weight is 301 g/mol. The molecule has 0 aliphatic rings. The summed E-state index contributed by atoms with van der Waals surface area (Å²) < 4.78 is 5.92. The Labute approximate surface area is 130 Å². The van der Waals surface area contributed by atoms with Crippen LogP contribution in [0.2, 0.25) is 0 Å². The van der Waals surface area contributed by atoms with Crippen molar-refractivity contribution in [1.29, 1.82) is 0 Å². The number of benzene rings is 2. The first-order valence-corrected chi connectivity index (χ1v) is 7.21. The van der Waals surface area contributed by atoms with Crippen LogP contribution >= 0.6 is 0 Å². The number of para-hydroxylation sites is 1. The minimum atomic E-state index is 0.647. The van der Waals surface area contributed by atoms with Crippen LogP contribution in [-0.4, -0.2) is 20.2 Å². The fourth-order valence-corrected chi connectivity index (χ4v) is 2.77. The summed E-state index contributed by atoms with van der Waals surface area (Å²) in [5.74, 6) is 0.647. The highest BCUT2D eigenvalue weighted by Gasteiger charge is 2.13. The Hall–Kier alpha value is -3.41. The van der Waals surface area contributed by atoms with Gasteiger partial charge in [-0.15, -0.1) is 0 Å². The Kier molecular flexibility index (Phi) is 2.40. The largest absolute Gasteiger partial charge is 0.450 e. The third kappa shape index (κ3) is 1.85. The van der Waals surface area contributed by atoms with Gasteiger partial charge in [-0.2, -0.15) is 5.10 Å². The second kappa shape index (κ2) is 4.54. The highest BCUT2D eigenvalue weighted by molar-refractivity contribution is 6.05. The molecule has 0 atom stereocenters.